The summed E-state index contributed by atoms with van der Waals surface area (Å²) >= 11 is 0. The molecule has 0 spiro atoms. The van der Waals surface area contributed by atoms with Gasteiger partial charge in [-0.15, -0.1) is 10.2 Å². The monoisotopic (exact) mass is 421 g/mol. The highest BCUT2D eigenvalue weighted by Gasteiger charge is 2.28. The minimum absolute atomic E-state index is 0.280. The predicted molar refractivity (Wildman–Crippen MR) is 117 cm³/mol. The molecule has 0 bridgehead atoms. The number of nitrogens with zero attached hydrogens (tertiary/aromatic N) is 4. The number of nitrogens with one attached hydrogen (secondary N) is 1. The van der Waals surface area contributed by atoms with Crippen molar-refractivity contribution in [1.29, 1.82) is 0 Å². The average molecular weight is 422 g/mol. The first-order valence-electron chi connectivity index (χ1n) is 10.5. The molecule has 0 aliphatic carbocycles. The molecule has 162 valence electrons. The molecule has 2 N–H and O–H groups in total. The van der Waals surface area contributed by atoms with E-state index in [1.54, 1.807) is 11.8 Å². The predicted octanol–water partition coefficient (Wildman–Crippen LogP) is 3.77. The number of aliphatic carboxylic acids is 1. The van der Waals surface area contributed by atoms with E-state index in [2.05, 4.69) is 20.6 Å². The largest absolute Gasteiger partial charge is 0.481 e. The number of tetrazole rings is 1. The van der Waals surface area contributed by atoms with Gasteiger partial charge < -0.3 is 10.0 Å². The summed E-state index contributed by atoms with van der Waals surface area (Å²) in [5, 5.41) is 23.7. The molecule has 0 fully saturated rings. The summed E-state index contributed by atoms with van der Waals surface area (Å²) in [6.45, 7) is 4.70. The molecule has 1 unspecified atom stereocenters. The summed E-state index contributed by atoms with van der Waals surface area (Å²) in [6, 6.07) is 15.7. The van der Waals surface area contributed by atoms with Crippen LogP contribution in [0.5, 0.6) is 0 Å². The molecule has 8 heteroatoms. The van der Waals surface area contributed by atoms with Crippen molar-refractivity contribution < 1.29 is 14.7 Å². The Balaban J connectivity index is 1.82. The van der Waals surface area contributed by atoms with Crippen LogP contribution < -0.4 is 0 Å². The summed E-state index contributed by atoms with van der Waals surface area (Å²) in [7, 11) is 0. The van der Waals surface area contributed by atoms with Gasteiger partial charge in [0.25, 0.3) is 0 Å². The molecular weight excluding hydrogens is 394 g/mol. The smallest absolute Gasteiger partial charge is 0.316 e. The Morgan fingerprint density at radius 3 is 2.35 bits per heavy atom. The number of hydrogen-bond acceptors (Lipinski definition) is 5. The van der Waals surface area contributed by atoms with E-state index in [-0.39, 0.29) is 12.3 Å². The Morgan fingerprint density at radius 2 is 1.77 bits per heavy atom. The number of aromatic nitrogens is 4. The average Bonchev–Trinajstić information content (AvgIpc) is 3.32. The number of carboxylic acid groups (broad SMARTS) is 1. The van der Waals surface area contributed by atoms with Crippen LogP contribution in [0, 0.1) is 5.92 Å². The lowest BCUT2D eigenvalue weighted by molar-refractivity contribution is -0.151. The Morgan fingerprint density at radius 1 is 1.06 bits per heavy atom. The van der Waals surface area contributed by atoms with E-state index in [0.29, 0.717) is 18.9 Å². The van der Waals surface area contributed by atoms with Gasteiger partial charge in [-0.25, -0.2) is 0 Å². The summed E-state index contributed by atoms with van der Waals surface area (Å²) in [4.78, 5) is 25.9. The third-order valence-corrected chi connectivity index (χ3v) is 5.25. The minimum atomic E-state index is -1.07. The van der Waals surface area contributed by atoms with E-state index >= 15 is 0 Å². The fraction of sp³-hybridized carbons (Fsp3) is 0.348. The molecule has 1 heterocycles. The molecule has 0 aliphatic heterocycles. The number of rotatable bonds is 10. The number of carboxylic acids is 1. The molecule has 1 atom stereocenters. The van der Waals surface area contributed by atoms with E-state index in [1.165, 1.54) is 0 Å². The molecule has 2 aromatic carbocycles. The lowest BCUT2D eigenvalue weighted by Gasteiger charge is -2.25. The molecule has 1 amide bonds. The first-order valence-corrected chi connectivity index (χ1v) is 10.5. The van der Waals surface area contributed by atoms with E-state index < -0.39 is 11.9 Å². The molecule has 0 saturated carbocycles. The van der Waals surface area contributed by atoms with Crippen molar-refractivity contribution in [2.24, 2.45) is 5.92 Å². The topological polar surface area (TPSA) is 112 Å². The molecule has 31 heavy (non-hydrogen) atoms. The van der Waals surface area contributed by atoms with Crippen molar-refractivity contribution in [3.8, 4) is 22.5 Å². The SMILES string of the molecule is CCCCN(Cc1ccc(-c2ccccc2-c2nn[nH]n2)cc1)C(=O)C(CC)C(=O)O. The molecular formula is C23H27N5O3. The Labute approximate surface area is 181 Å². The van der Waals surface area contributed by atoms with Crippen LogP contribution in [0.2, 0.25) is 0 Å². The highest BCUT2D eigenvalue weighted by Crippen LogP contribution is 2.30. The highest BCUT2D eigenvalue weighted by atomic mass is 16.4. The Bertz CT molecular complexity index is 1000. The molecule has 0 saturated heterocycles. The normalized spacial score (nSPS) is 11.8. The third kappa shape index (κ3) is 5.33. The Hall–Kier alpha value is -3.55. The number of H-pyrrole nitrogens is 1. The third-order valence-electron chi connectivity index (χ3n) is 5.25. The maximum atomic E-state index is 12.8. The number of benzene rings is 2. The molecule has 0 aliphatic rings. The number of amides is 1. The quantitative estimate of drug-likeness (QED) is 0.482. The second-order valence-corrected chi connectivity index (χ2v) is 7.39. The van der Waals surface area contributed by atoms with Crippen LogP contribution in [0.1, 0.15) is 38.7 Å². The van der Waals surface area contributed by atoms with Crippen molar-refractivity contribution in [1.82, 2.24) is 25.5 Å². The second kappa shape index (κ2) is 10.5. The van der Waals surface area contributed by atoms with Crippen molar-refractivity contribution in [3.05, 3.63) is 54.1 Å². The second-order valence-electron chi connectivity index (χ2n) is 7.39. The van der Waals surface area contributed by atoms with Gasteiger partial charge in [-0.2, -0.15) is 5.21 Å². The van der Waals surface area contributed by atoms with Crippen LogP contribution in [0.3, 0.4) is 0 Å². The Kier molecular flexibility index (Phi) is 7.48. The number of carbonyl (C=O) groups excluding carboxylic acids is 1. The van der Waals surface area contributed by atoms with Gasteiger partial charge in [0.05, 0.1) is 0 Å². The maximum Gasteiger partial charge on any atom is 0.316 e. The van der Waals surface area contributed by atoms with Crippen molar-refractivity contribution in [3.63, 3.8) is 0 Å². The van der Waals surface area contributed by atoms with E-state index in [4.69, 9.17) is 0 Å². The van der Waals surface area contributed by atoms with Gasteiger partial charge in [0, 0.05) is 18.7 Å². The van der Waals surface area contributed by atoms with Gasteiger partial charge in [-0.1, -0.05) is 68.8 Å². The summed E-state index contributed by atoms with van der Waals surface area (Å²) in [5.74, 6) is -1.87. The zero-order valence-electron chi connectivity index (χ0n) is 17.8. The van der Waals surface area contributed by atoms with Crippen molar-refractivity contribution >= 4 is 11.9 Å². The zero-order valence-corrected chi connectivity index (χ0v) is 17.8. The molecule has 3 aromatic rings. The van der Waals surface area contributed by atoms with Crippen LogP contribution in [-0.4, -0.2) is 49.1 Å². The fourth-order valence-corrected chi connectivity index (χ4v) is 3.51. The number of carbonyl (C=O) groups is 2. The van der Waals surface area contributed by atoms with Gasteiger partial charge >= 0.3 is 5.97 Å². The van der Waals surface area contributed by atoms with E-state index in [9.17, 15) is 14.7 Å². The highest BCUT2D eigenvalue weighted by molar-refractivity contribution is 5.96. The van der Waals surface area contributed by atoms with Gasteiger partial charge in [0.2, 0.25) is 11.7 Å². The maximum absolute atomic E-state index is 12.8. The van der Waals surface area contributed by atoms with Crippen LogP contribution in [0.15, 0.2) is 48.5 Å². The van der Waals surface area contributed by atoms with Crippen LogP contribution >= 0.6 is 0 Å². The summed E-state index contributed by atoms with van der Waals surface area (Å²) < 4.78 is 0. The minimum Gasteiger partial charge on any atom is -0.481 e. The summed E-state index contributed by atoms with van der Waals surface area (Å²) in [5.41, 5.74) is 3.79. The van der Waals surface area contributed by atoms with Gasteiger partial charge in [0.15, 0.2) is 0 Å². The fourth-order valence-electron chi connectivity index (χ4n) is 3.51. The van der Waals surface area contributed by atoms with E-state index in [1.807, 2.05) is 55.5 Å². The molecule has 0 radical (unpaired) electrons. The van der Waals surface area contributed by atoms with Crippen molar-refractivity contribution in [2.45, 2.75) is 39.7 Å². The first-order chi connectivity index (χ1) is 15.0. The zero-order chi connectivity index (χ0) is 22.2. The molecule has 8 nitrogen and oxygen atoms in total. The molecule has 3 rings (SSSR count). The summed E-state index contributed by atoms with van der Waals surface area (Å²) in [6.07, 6.45) is 2.04. The number of hydrogen-bond donors (Lipinski definition) is 2. The molecule has 1 aromatic heterocycles. The van der Waals surface area contributed by atoms with Crippen LogP contribution in [0.25, 0.3) is 22.5 Å². The van der Waals surface area contributed by atoms with Crippen molar-refractivity contribution in [2.75, 3.05) is 6.54 Å². The van der Waals surface area contributed by atoms with Gasteiger partial charge in [0.1, 0.15) is 5.92 Å². The van der Waals surface area contributed by atoms with E-state index in [0.717, 1.165) is 35.1 Å². The number of aromatic amines is 1. The first kappa shape index (κ1) is 22.1. The number of unbranched alkanes of at least 4 members (excludes halogenated alkanes) is 1. The van der Waals surface area contributed by atoms with Crippen LogP contribution in [0.4, 0.5) is 0 Å². The lowest BCUT2D eigenvalue weighted by Crippen LogP contribution is -2.39. The lowest BCUT2D eigenvalue weighted by atomic mass is 9.98. The van der Waals surface area contributed by atoms with Gasteiger partial charge in [-0.3, -0.25) is 9.59 Å². The van der Waals surface area contributed by atoms with Gasteiger partial charge in [-0.05, 0) is 34.7 Å². The van der Waals surface area contributed by atoms with Crippen LogP contribution in [-0.2, 0) is 16.1 Å². The standard InChI is InChI=1S/C23H27N5O3/c1-3-5-14-28(22(29)18(4-2)23(30)31)15-16-10-12-17(13-11-16)19-8-6-7-9-20(19)21-24-26-27-25-21/h6-13,18H,3-5,14-15H2,1-2H3,(H,30,31)(H,24,25,26,27).